The summed E-state index contributed by atoms with van der Waals surface area (Å²) in [5.41, 5.74) is 1.26. The maximum absolute atomic E-state index is 12.5. The number of amides is 1. The molecule has 0 saturated heterocycles. The van der Waals surface area contributed by atoms with Crippen molar-refractivity contribution in [3.8, 4) is 11.5 Å². The van der Waals surface area contributed by atoms with Gasteiger partial charge in [-0.05, 0) is 25.8 Å². The van der Waals surface area contributed by atoms with Gasteiger partial charge in [-0.1, -0.05) is 19.3 Å². The van der Waals surface area contributed by atoms with Crippen LogP contribution in [0.3, 0.4) is 0 Å². The number of aromatic nitrogens is 1. The molecule has 0 bridgehead atoms. The van der Waals surface area contributed by atoms with Crippen molar-refractivity contribution in [2.75, 3.05) is 6.61 Å². The van der Waals surface area contributed by atoms with E-state index in [0.717, 1.165) is 36.4 Å². The van der Waals surface area contributed by atoms with E-state index in [-0.39, 0.29) is 24.5 Å². The molecule has 1 saturated carbocycles. The van der Waals surface area contributed by atoms with Crippen LogP contribution in [0.15, 0.2) is 22.1 Å². The first-order valence-electron chi connectivity index (χ1n) is 8.10. The van der Waals surface area contributed by atoms with Gasteiger partial charge in [0.25, 0.3) is 5.91 Å². The summed E-state index contributed by atoms with van der Waals surface area (Å²) in [6.45, 7) is 2.06. The van der Waals surface area contributed by atoms with Crippen molar-refractivity contribution in [1.29, 1.82) is 0 Å². The van der Waals surface area contributed by atoms with E-state index in [9.17, 15) is 9.90 Å². The Balaban J connectivity index is 1.69. The average molecular weight is 334 g/mol. The van der Waals surface area contributed by atoms with Crippen LogP contribution in [-0.2, 0) is 0 Å². The molecule has 124 valence electrons. The summed E-state index contributed by atoms with van der Waals surface area (Å²) in [7, 11) is 0. The number of aryl methyl sites for hydroxylation is 1. The summed E-state index contributed by atoms with van der Waals surface area (Å²) in [5, 5.41) is 15.5. The van der Waals surface area contributed by atoms with E-state index in [1.165, 1.54) is 12.7 Å². The first kappa shape index (κ1) is 16.2. The standard InChI is InChI=1S/C17H22N2O3S/c1-11-18-15(10-23-11)16-7-13(9-22-16)17(21)19-14-6-4-2-3-5-12(14)8-20/h7,9-10,12,14,20H,2-6,8H2,1H3,(H,19,21). The van der Waals surface area contributed by atoms with Crippen LogP contribution in [0, 0.1) is 12.8 Å². The largest absolute Gasteiger partial charge is 0.462 e. The molecule has 1 aliphatic rings. The molecule has 2 N–H and O–H groups in total. The van der Waals surface area contributed by atoms with Gasteiger partial charge in [-0.15, -0.1) is 11.3 Å². The molecule has 5 nitrogen and oxygen atoms in total. The number of aliphatic hydroxyl groups excluding tert-OH is 1. The van der Waals surface area contributed by atoms with Gasteiger partial charge in [-0.3, -0.25) is 4.79 Å². The number of furan rings is 1. The molecule has 0 radical (unpaired) electrons. The SMILES string of the molecule is Cc1nc(-c2cc(C(=O)NC3CCCCCC3CO)co2)cs1. The Kier molecular flexibility index (Phi) is 5.13. The van der Waals surface area contributed by atoms with Gasteiger partial charge in [-0.25, -0.2) is 4.98 Å². The van der Waals surface area contributed by atoms with Crippen LogP contribution in [-0.4, -0.2) is 28.6 Å². The number of nitrogens with zero attached hydrogens (tertiary/aromatic N) is 1. The van der Waals surface area contributed by atoms with E-state index >= 15 is 0 Å². The third kappa shape index (κ3) is 3.82. The molecule has 2 aromatic heterocycles. The first-order valence-corrected chi connectivity index (χ1v) is 8.98. The Labute approximate surface area is 139 Å². The van der Waals surface area contributed by atoms with Crippen LogP contribution < -0.4 is 5.32 Å². The smallest absolute Gasteiger partial charge is 0.254 e. The van der Waals surface area contributed by atoms with Gasteiger partial charge in [0.05, 0.1) is 10.6 Å². The summed E-state index contributed by atoms with van der Waals surface area (Å²) in [4.78, 5) is 16.8. The third-order valence-corrected chi connectivity index (χ3v) is 5.22. The minimum absolute atomic E-state index is 0.0369. The fraction of sp³-hybridized carbons (Fsp3) is 0.529. The summed E-state index contributed by atoms with van der Waals surface area (Å²) in [6, 6.07) is 1.77. The quantitative estimate of drug-likeness (QED) is 0.841. The average Bonchev–Trinajstić information content (AvgIpc) is 3.13. The molecule has 3 rings (SSSR count). The van der Waals surface area contributed by atoms with Crippen molar-refractivity contribution in [1.82, 2.24) is 10.3 Å². The van der Waals surface area contributed by atoms with Gasteiger partial charge in [0.1, 0.15) is 12.0 Å². The summed E-state index contributed by atoms with van der Waals surface area (Å²) >= 11 is 1.55. The highest BCUT2D eigenvalue weighted by Gasteiger charge is 2.25. The Morgan fingerprint density at radius 2 is 2.26 bits per heavy atom. The van der Waals surface area contributed by atoms with Gasteiger partial charge in [-0.2, -0.15) is 0 Å². The molecule has 1 amide bonds. The number of carbonyl (C=O) groups excluding carboxylic acids is 1. The molecular weight excluding hydrogens is 312 g/mol. The predicted molar refractivity (Wildman–Crippen MR) is 89.5 cm³/mol. The summed E-state index contributed by atoms with van der Waals surface area (Å²) in [6.07, 6.45) is 6.75. The second kappa shape index (κ2) is 7.27. The molecule has 6 heteroatoms. The van der Waals surface area contributed by atoms with E-state index in [1.807, 2.05) is 12.3 Å². The van der Waals surface area contributed by atoms with Gasteiger partial charge in [0.15, 0.2) is 5.76 Å². The molecule has 1 fully saturated rings. The Bertz CT molecular complexity index is 664. The zero-order valence-corrected chi connectivity index (χ0v) is 14.1. The fourth-order valence-corrected chi connectivity index (χ4v) is 3.71. The number of hydrogen-bond acceptors (Lipinski definition) is 5. The van der Waals surface area contributed by atoms with Crippen molar-refractivity contribution in [3.05, 3.63) is 28.3 Å². The maximum atomic E-state index is 12.5. The lowest BCUT2D eigenvalue weighted by atomic mass is 9.95. The van der Waals surface area contributed by atoms with Crippen LogP contribution in [0.25, 0.3) is 11.5 Å². The van der Waals surface area contributed by atoms with Crippen molar-refractivity contribution in [3.63, 3.8) is 0 Å². The van der Waals surface area contributed by atoms with Crippen molar-refractivity contribution >= 4 is 17.2 Å². The molecule has 2 unspecified atom stereocenters. The molecular formula is C17H22N2O3S. The van der Waals surface area contributed by atoms with E-state index in [4.69, 9.17) is 4.42 Å². The maximum Gasteiger partial charge on any atom is 0.254 e. The molecule has 2 atom stereocenters. The molecule has 0 aromatic carbocycles. The number of carbonyl (C=O) groups is 1. The second-order valence-corrected chi connectivity index (χ2v) is 7.17. The summed E-state index contributed by atoms with van der Waals surface area (Å²) in [5.74, 6) is 0.616. The van der Waals surface area contributed by atoms with Crippen LogP contribution in [0.4, 0.5) is 0 Å². The number of thiazole rings is 1. The van der Waals surface area contributed by atoms with Gasteiger partial charge in [0, 0.05) is 23.9 Å². The topological polar surface area (TPSA) is 75.4 Å². The highest BCUT2D eigenvalue weighted by molar-refractivity contribution is 7.09. The van der Waals surface area contributed by atoms with Gasteiger partial charge in [0.2, 0.25) is 0 Å². The first-order chi connectivity index (χ1) is 11.2. The minimum atomic E-state index is -0.141. The Morgan fingerprint density at radius 3 is 3.00 bits per heavy atom. The minimum Gasteiger partial charge on any atom is -0.462 e. The summed E-state index contributed by atoms with van der Waals surface area (Å²) < 4.78 is 5.49. The van der Waals surface area contributed by atoms with Gasteiger partial charge < -0.3 is 14.8 Å². The third-order valence-electron chi connectivity index (χ3n) is 4.44. The number of rotatable bonds is 4. The molecule has 0 spiro atoms. The predicted octanol–water partition coefficient (Wildman–Crippen LogP) is 3.38. The molecule has 2 heterocycles. The zero-order valence-electron chi connectivity index (χ0n) is 13.2. The van der Waals surface area contributed by atoms with E-state index in [2.05, 4.69) is 10.3 Å². The van der Waals surface area contributed by atoms with Crippen LogP contribution >= 0.6 is 11.3 Å². The lowest BCUT2D eigenvalue weighted by Crippen LogP contribution is -2.41. The lowest BCUT2D eigenvalue weighted by molar-refractivity contribution is 0.0899. The van der Waals surface area contributed by atoms with Gasteiger partial charge >= 0.3 is 0 Å². The van der Waals surface area contributed by atoms with Crippen molar-refractivity contribution in [2.45, 2.75) is 45.1 Å². The highest BCUT2D eigenvalue weighted by Crippen LogP contribution is 2.26. The second-order valence-electron chi connectivity index (χ2n) is 6.11. The van der Waals surface area contributed by atoms with Crippen LogP contribution in [0.2, 0.25) is 0 Å². The normalized spacial score (nSPS) is 21.8. The van der Waals surface area contributed by atoms with E-state index < -0.39 is 0 Å². The monoisotopic (exact) mass is 334 g/mol. The van der Waals surface area contributed by atoms with E-state index in [0.29, 0.717) is 11.3 Å². The lowest BCUT2D eigenvalue weighted by Gasteiger charge is -2.24. The molecule has 23 heavy (non-hydrogen) atoms. The van der Waals surface area contributed by atoms with Crippen LogP contribution in [0.1, 0.15) is 47.5 Å². The number of hydrogen-bond donors (Lipinski definition) is 2. The zero-order chi connectivity index (χ0) is 16.2. The number of nitrogens with one attached hydrogen (secondary N) is 1. The number of aliphatic hydroxyl groups is 1. The molecule has 2 aromatic rings. The Morgan fingerprint density at radius 1 is 1.43 bits per heavy atom. The van der Waals surface area contributed by atoms with Crippen LogP contribution in [0.5, 0.6) is 0 Å². The fourth-order valence-electron chi connectivity index (χ4n) is 3.11. The van der Waals surface area contributed by atoms with Crippen molar-refractivity contribution in [2.24, 2.45) is 5.92 Å². The van der Waals surface area contributed by atoms with E-state index in [1.54, 1.807) is 17.4 Å². The molecule has 0 aliphatic heterocycles. The van der Waals surface area contributed by atoms with Crippen molar-refractivity contribution < 1.29 is 14.3 Å². The Hall–Kier alpha value is -1.66. The highest BCUT2D eigenvalue weighted by atomic mass is 32.1. The molecule has 1 aliphatic carbocycles.